The van der Waals surface area contributed by atoms with E-state index in [1.165, 1.54) is 12.1 Å². The molecule has 0 atom stereocenters. The van der Waals surface area contributed by atoms with Crippen LogP contribution in [-0.4, -0.2) is 30.4 Å². The lowest BCUT2D eigenvalue weighted by molar-refractivity contribution is -0.122. The van der Waals surface area contributed by atoms with Gasteiger partial charge in [0.05, 0.1) is 14.6 Å². The number of anilines is 2. The summed E-state index contributed by atoms with van der Waals surface area (Å²) in [6, 6.07) is 12.8. The number of urea groups is 1. The van der Waals surface area contributed by atoms with Crippen molar-refractivity contribution in [1.29, 1.82) is 0 Å². The Morgan fingerprint density at radius 3 is 2.33 bits per heavy atom. The molecule has 0 unspecified atom stereocenters. The van der Waals surface area contributed by atoms with Crippen molar-refractivity contribution in [2.45, 2.75) is 20.8 Å². The van der Waals surface area contributed by atoms with Crippen LogP contribution in [0.5, 0.6) is 5.75 Å². The fourth-order valence-corrected chi connectivity index (χ4v) is 5.48. The van der Waals surface area contributed by atoms with Crippen molar-refractivity contribution in [3.63, 3.8) is 0 Å². The number of hydrogen-bond acceptors (Lipinski definition) is 5. The zero-order chi connectivity index (χ0) is 28.4. The number of halogens is 3. The van der Waals surface area contributed by atoms with Gasteiger partial charge in [-0.15, -0.1) is 0 Å². The van der Waals surface area contributed by atoms with Gasteiger partial charge in [-0.2, -0.15) is 0 Å². The Bertz CT molecular complexity index is 1550. The van der Waals surface area contributed by atoms with E-state index in [1.54, 1.807) is 31.2 Å². The van der Waals surface area contributed by atoms with Gasteiger partial charge in [0.1, 0.15) is 11.3 Å². The highest BCUT2D eigenvalue weighted by atomic mass is 79.9. The summed E-state index contributed by atoms with van der Waals surface area (Å²) < 4.78 is 6.68. The minimum Gasteiger partial charge on any atom is -0.481 e. The summed E-state index contributed by atoms with van der Waals surface area (Å²) in [7, 11) is 0. The summed E-state index contributed by atoms with van der Waals surface area (Å²) in [5.41, 5.74) is 3.96. The van der Waals surface area contributed by atoms with Gasteiger partial charge in [0.15, 0.2) is 6.61 Å². The second-order valence-electron chi connectivity index (χ2n) is 8.86. The number of rotatable bonds is 6. The first-order valence-corrected chi connectivity index (χ1v) is 13.6. The van der Waals surface area contributed by atoms with Crippen molar-refractivity contribution in [3.05, 3.63) is 90.3 Å². The van der Waals surface area contributed by atoms with Crippen LogP contribution in [-0.2, 0) is 14.4 Å². The molecule has 0 aromatic heterocycles. The van der Waals surface area contributed by atoms with E-state index in [1.807, 2.05) is 32.0 Å². The first-order chi connectivity index (χ1) is 18.4. The standard InChI is InChI=1S/C28H22Br2ClN3O5/c1-14-4-7-23(16(3)8-14)32-24(35)13-39-25-20(29)10-17(11-21(25)30)9-19-26(36)33-28(38)34(27(19)37)18-6-5-15(2)22(31)12-18/h4-12H,13H2,1-3H3,(H,32,35)(H,33,36,38)/b19-9+. The molecule has 1 fully saturated rings. The van der Waals surface area contributed by atoms with Crippen molar-refractivity contribution in [2.75, 3.05) is 16.8 Å². The molecule has 3 aromatic carbocycles. The lowest BCUT2D eigenvalue weighted by Gasteiger charge is -2.26. The number of barbiturate groups is 1. The third kappa shape index (κ3) is 6.41. The van der Waals surface area contributed by atoms with Crippen molar-refractivity contribution < 1.29 is 23.9 Å². The van der Waals surface area contributed by atoms with Crippen molar-refractivity contribution in [3.8, 4) is 5.75 Å². The molecule has 0 radical (unpaired) electrons. The monoisotopic (exact) mass is 673 g/mol. The summed E-state index contributed by atoms with van der Waals surface area (Å²) in [4.78, 5) is 51.5. The molecule has 1 saturated heterocycles. The molecule has 3 aromatic rings. The number of ether oxygens (including phenoxy) is 1. The molecule has 1 heterocycles. The van der Waals surface area contributed by atoms with Gasteiger partial charge < -0.3 is 10.1 Å². The van der Waals surface area contributed by atoms with Crippen molar-refractivity contribution >= 4 is 84.7 Å². The maximum atomic E-state index is 13.2. The van der Waals surface area contributed by atoms with E-state index >= 15 is 0 Å². The van der Waals surface area contributed by atoms with Gasteiger partial charge in [0.25, 0.3) is 17.7 Å². The van der Waals surface area contributed by atoms with Crippen LogP contribution in [0, 0.1) is 20.8 Å². The average molecular weight is 676 g/mol. The third-order valence-corrected chi connectivity index (χ3v) is 7.44. The fourth-order valence-electron chi connectivity index (χ4n) is 3.86. The second-order valence-corrected chi connectivity index (χ2v) is 11.0. The number of aryl methyl sites for hydroxylation is 3. The zero-order valence-electron chi connectivity index (χ0n) is 21.0. The quantitative estimate of drug-likeness (QED) is 0.230. The summed E-state index contributed by atoms with van der Waals surface area (Å²) in [5, 5.41) is 5.39. The Morgan fingerprint density at radius 1 is 1.00 bits per heavy atom. The molecule has 0 bridgehead atoms. The van der Waals surface area contributed by atoms with E-state index in [4.69, 9.17) is 16.3 Å². The smallest absolute Gasteiger partial charge is 0.335 e. The molecule has 8 nitrogen and oxygen atoms in total. The maximum Gasteiger partial charge on any atom is 0.335 e. The highest BCUT2D eigenvalue weighted by molar-refractivity contribution is 9.11. The minimum atomic E-state index is -0.868. The van der Waals surface area contributed by atoms with Crippen LogP contribution in [0.3, 0.4) is 0 Å². The molecule has 1 aliphatic heterocycles. The van der Waals surface area contributed by atoms with Crippen molar-refractivity contribution in [1.82, 2.24) is 5.32 Å². The lowest BCUT2D eigenvalue weighted by Crippen LogP contribution is -2.54. The van der Waals surface area contributed by atoms with Crippen LogP contribution in [0.2, 0.25) is 5.02 Å². The molecular weight excluding hydrogens is 654 g/mol. The van der Waals surface area contributed by atoms with Crippen LogP contribution in [0.1, 0.15) is 22.3 Å². The number of nitrogens with zero attached hydrogens (tertiary/aromatic N) is 1. The summed E-state index contributed by atoms with van der Waals surface area (Å²) in [5.74, 6) is -1.59. The molecule has 0 saturated carbocycles. The number of amides is 5. The SMILES string of the molecule is Cc1ccc(NC(=O)COc2c(Br)cc(/C=C3\C(=O)NC(=O)N(c4ccc(C)c(Cl)c4)C3=O)cc2Br)c(C)c1. The Hall–Kier alpha value is -3.47. The van der Waals surface area contributed by atoms with Crippen LogP contribution in [0.15, 0.2) is 63.0 Å². The van der Waals surface area contributed by atoms with E-state index < -0.39 is 17.8 Å². The first-order valence-electron chi connectivity index (χ1n) is 11.6. The summed E-state index contributed by atoms with van der Waals surface area (Å²) in [6.45, 7) is 5.43. The Morgan fingerprint density at radius 2 is 1.69 bits per heavy atom. The highest BCUT2D eigenvalue weighted by Gasteiger charge is 2.37. The van der Waals surface area contributed by atoms with E-state index in [0.717, 1.165) is 21.6 Å². The number of imide groups is 2. The normalized spacial score (nSPS) is 14.5. The second kappa shape index (κ2) is 11.7. The topological polar surface area (TPSA) is 105 Å². The molecule has 1 aliphatic rings. The van der Waals surface area contributed by atoms with E-state index in [9.17, 15) is 19.2 Å². The molecule has 11 heteroatoms. The fraction of sp³-hybridized carbons (Fsp3) is 0.143. The van der Waals surface area contributed by atoms with Crippen molar-refractivity contribution in [2.24, 2.45) is 0 Å². The molecule has 39 heavy (non-hydrogen) atoms. The van der Waals surface area contributed by atoms with Crippen LogP contribution in [0.25, 0.3) is 6.08 Å². The Labute approximate surface area is 246 Å². The number of benzene rings is 3. The van der Waals surface area contributed by atoms with Gasteiger partial charge in [0.2, 0.25) is 0 Å². The first kappa shape index (κ1) is 28.5. The van der Waals surface area contributed by atoms with Gasteiger partial charge in [-0.25, -0.2) is 9.69 Å². The molecule has 0 aliphatic carbocycles. The van der Waals surface area contributed by atoms with E-state index in [2.05, 4.69) is 42.5 Å². The van der Waals surface area contributed by atoms with Gasteiger partial charge in [0, 0.05) is 10.7 Å². The van der Waals surface area contributed by atoms with Gasteiger partial charge in [-0.1, -0.05) is 35.4 Å². The number of carbonyl (C=O) groups is 4. The Kier molecular flexibility index (Phi) is 8.58. The molecule has 4 rings (SSSR count). The van der Waals surface area contributed by atoms with Gasteiger partial charge in [-0.05, 0) is 106 Å². The predicted molar refractivity (Wildman–Crippen MR) is 157 cm³/mol. The minimum absolute atomic E-state index is 0.233. The average Bonchev–Trinajstić information content (AvgIpc) is 2.85. The molecule has 200 valence electrons. The summed E-state index contributed by atoms with van der Waals surface area (Å²) in [6.07, 6.45) is 1.36. The molecule has 5 amide bonds. The summed E-state index contributed by atoms with van der Waals surface area (Å²) >= 11 is 13.0. The maximum absolute atomic E-state index is 13.2. The third-order valence-electron chi connectivity index (χ3n) is 5.85. The molecule has 0 spiro atoms. The zero-order valence-corrected chi connectivity index (χ0v) is 25.0. The number of hydrogen-bond donors (Lipinski definition) is 2. The van der Waals surface area contributed by atoms with E-state index in [-0.39, 0.29) is 23.8 Å². The van der Waals surface area contributed by atoms with Crippen LogP contribution < -0.4 is 20.3 Å². The highest BCUT2D eigenvalue weighted by Crippen LogP contribution is 2.36. The molecular formula is C28H22Br2ClN3O5. The predicted octanol–water partition coefficient (Wildman–Crippen LogP) is 6.47. The largest absolute Gasteiger partial charge is 0.481 e. The molecule has 2 N–H and O–H groups in total. The number of nitrogens with one attached hydrogen (secondary N) is 2. The van der Waals surface area contributed by atoms with Gasteiger partial charge in [-0.3, -0.25) is 19.7 Å². The van der Waals surface area contributed by atoms with Gasteiger partial charge >= 0.3 is 6.03 Å². The van der Waals surface area contributed by atoms with E-state index in [0.29, 0.717) is 31.0 Å². The number of carbonyl (C=O) groups excluding carboxylic acids is 4. The van der Waals surface area contributed by atoms with Crippen LogP contribution >= 0.6 is 43.5 Å². The lowest BCUT2D eigenvalue weighted by atomic mass is 10.1. The Balaban J connectivity index is 1.53. The van der Waals surface area contributed by atoms with Crippen LogP contribution in [0.4, 0.5) is 16.2 Å².